The summed E-state index contributed by atoms with van der Waals surface area (Å²) in [5.74, 6) is 1.19. The molecular weight excluding hydrogens is 200 g/mol. The topological polar surface area (TPSA) is 47.1 Å². The van der Waals surface area contributed by atoms with E-state index in [-0.39, 0.29) is 5.54 Å². The van der Waals surface area contributed by atoms with Gasteiger partial charge in [0, 0.05) is 31.0 Å². The number of imidazole rings is 1. The van der Waals surface area contributed by atoms with E-state index in [0.717, 1.165) is 32.6 Å². The van der Waals surface area contributed by atoms with Crippen LogP contribution in [0.2, 0.25) is 0 Å². The first-order valence-corrected chi connectivity index (χ1v) is 6.06. The highest BCUT2D eigenvalue weighted by molar-refractivity contribution is 4.95. The van der Waals surface area contributed by atoms with E-state index in [9.17, 15) is 0 Å². The molecular formula is C12H22N4. The second-order valence-electron chi connectivity index (χ2n) is 5.41. The molecule has 0 radical (unpaired) electrons. The second kappa shape index (κ2) is 4.55. The van der Waals surface area contributed by atoms with Gasteiger partial charge in [-0.25, -0.2) is 4.98 Å². The number of hydrogen-bond acceptors (Lipinski definition) is 3. The molecule has 0 saturated heterocycles. The summed E-state index contributed by atoms with van der Waals surface area (Å²) in [4.78, 5) is 6.83. The van der Waals surface area contributed by atoms with E-state index < -0.39 is 0 Å². The molecule has 0 aromatic carbocycles. The largest absolute Gasteiger partial charge is 0.333 e. The van der Waals surface area contributed by atoms with Crippen LogP contribution < -0.4 is 5.73 Å². The summed E-state index contributed by atoms with van der Waals surface area (Å²) < 4.78 is 2.24. The normalized spacial score (nSPS) is 17.4. The van der Waals surface area contributed by atoms with Crippen molar-refractivity contribution in [1.29, 1.82) is 0 Å². The molecule has 16 heavy (non-hydrogen) atoms. The third kappa shape index (κ3) is 3.06. The monoisotopic (exact) mass is 222 g/mol. The van der Waals surface area contributed by atoms with Crippen LogP contribution >= 0.6 is 0 Å². The van der Waals surface area contributed by atoms with Gasteiger partial charge in [0.1, 0.15) is 5.82 Å². The van der Waals surface area contributed by atoms with Gasteiger partial charge in [0.05, 0.1) is 6.54 Å². The van der Waals surface area contributed by atoms with Crippen LogP contribution in [0.3, 0.4) is 0 Å². The van der Waals surface area contributed by atoms with Gasteiger partial charge in [-0.2, -0.15) is 0 Å². The number of rotatable bonds is 4. The Bertz CT molecular complexity index is 337. The Hall–Kier alpha value is -0.870. The predicted octanol–water partition coefficient (Wildman–Crippen LogP) is 1.22. The lowest BCUT2D eigenvalue weighted by atomic mass is 10.00. The third-order valence-corrected chi connectivity index (χ3v) is 3.12. The van der Waals surface area contributed by atoms with Crippen LogP contribution in [0.15, 0.2) is 12.4 Å². The molecule has 2 heterocycles. The van der Waals surface area contributed by atoms with Crippen LogP contribution in [-0.2, 0) is 13.1 Å². The zero-order valence-corrected chi connectivity index (χ0v) is 10.3. The van der Waals surface area contributed by atoms with Gasteiger partial charge in [0.25, 0.3) is 0 Å². The molecule has 4 heteroatoms. The third-order valence-electron chi connectivity index (χ3n) is 3.12. The lowest BCUT2D eigenvalue weighted by Crippen LogP contribution is -2.36. The van der Waals surface area contributed by atoms with Crippen LogP contribution in [0, 0.1) is 0 Å². The van der Waals surface area contributed by atoms with Gasteiger partial charge in [-0.15, -0.1) is 0 Å². The number of nitrogens with zero attached hydrogens (tertiary/aromatic N) is 3. The van der Waals surface area contributed by atoms with Crippen molar-refractivity contribution in [2.24, 2.45) is 5.73 Å². The molecule has 0 atom stereocenters. The van der Waals surface area contributed by atoms with Gasteiger partial charge < -0.3 is 10.3 Å². The molecule has 1 aromatic heterocycles. The van der Waals surface area contributed by atoms with Crippen LogP contribution in [0.5, 0.6) is 0 Å². The molecule has 1 aliphatic heterocycles. The molecule has 0 saturated carbocycles. The summed E-state index contributed by atoms with van der Waals surface area (Å²) in [7, 11) is 0. The molecule has 1 aliphatic rings. The van der Waals surface area contributed by atoms with Gasteiger partial charge in [-0.05, 0) is 33.2 Å². The molecule has 0 spiro atoms. The van der Waals surface area contributed by atoms with Gasteiger partial charge in [-0.3, -0.25) is 4.90 Å². The molecule has 0 aliphatic carbocycles. The maximum atomic E-state index is 5.98. The summed E-state index contributed by atoms with van der Waals surface area (Å²) >= 11 is 0. The Morgan fingerprint density at radius 1 is 1.44 bits per heavy atom. The van der Waals surface area contributed by atoms with Crippen molar-refractivity contribution in [1.82, 2.24) is 14.5 Å². The summed E-state index contributed by atoms with van der Waals surface area (Å²) in [5, 5.41) is 0. The van der Waals surface area contributed by atoms with Crippen molar-refractivity contribution in [2.45, 2.75) is 45.3 Å². The molecule has 0 amide bonds. The lowest BCUT2D eigenvalue weighted by molar-refractivity contribution is 0.208. The first kappa shape index (κ1) is 11.6. The summed E-state index contributed by atoms with van der Waals surface area (Å²) in [5.41, 5.74) is 5.94. The van der Waals surface area contributed by atoms with Crippen LogP contribution in [0.25, 0.3) is 0 Å². The quantitative estimate of drug-likeness (QED) is 0.833. The van der Waals surface area contributed by atoms with Gasteiger partial charge >= 0.3 is 0 Å². The first-order chi connectivity index (χ1) is 7.54. The van der Waals surface area contributed by atoms with Crippen molar-refractivity contribution < 1.29 is 0 Å². The minimum atomic E-state index is -0.0335. The van der Waals surface area contributed by atoms with E-state index in [2.05, 4.69) is 34.5 Å². The van der Waals surface area contributed by atoms with Crippen molar-refractivity contribution in [3.63, 3.8) is 0 Å². The Morgan fingerprint density at radius 3 is 3.00 bits per heavy atom. The smallest absolute Gasteiger partial charge is 0.122 e. The van der Waals surface area contributed by atoms with Crippen LogP contribution in [-0.4, -0.2) is 33.1 Å². The molecule has 90 valence electrons. The van der Waals surface area contributed by atoms with Crippen LogP contribution in [0.4, 0.5) is 0 Å². The molecule has 4 nitrogen and oxygen atoms in total. The van der Waals surface area contributed by atoms with Gasteiger partial charge in [-0.1, -0.05) is 0 Å². The van der Waals surface area contributed by atoms with Crippen molar-refractivity contribution in [2.75, 3.05) is 13.1 Å². The van der Waals surface area contributed by atoms with E-state index >= 15 is 0 Å². The minimum absolute atomic E-state index is 0.0335. The molecule has 0 unspecified atom stereocenters. The average molecular weight is 222 g/mol. The minimum Gasteiger partial charge on any atom is -0.333 e. The zero-order chi connectivity index (χ0) is 11.6. The Labute approximate surface area is 97.4 Å². The van der Waals surface area contributed by atoms with E-state index in [4.69, 9.17) is 5.73 Å². The van der Waals surface area contributed by atoms with E-state index in [0.29, 0.717) is 0 Å². The zero-order valence-electron chi connectivity index (χ0n) is 10.3. The van der Waals surface area contributed by atoms with Crippen molar-refractivity contribution in [3.8, 4) is 0 Å². The van der Waals surface area contributed by atoms with Crippen molar-refractivity contribution >= 4 is 0 Å². The summed E-state index contributed by atoms with van der Waals surface area (Å²) in [6, 6.07) is 0. The van der Waals surface area contributed by atoms with E-state index in [1.54, 1.807) is 0 Å². The van der Waals surface area contributed by atoms with Gasteiger partial charge in [0.2, 0.25) is 0 Å². The Balaban J connectivity index is 1.77. The lowest BCUT2D eigenvalue weighted by Gasteiger charge is -2.28. The van der Waals surface area contributed by atoms with E-state index in [1.165, 1.54) is 12.2 Å². The predicted molar refractivity (Wildman–Crippen MR) is 65.0 cm³/mol. The first-order valence-electron chi connectivity index (χ1n) is 6.06. The average Bonchev–Trinajstić information content (AvgIpc) is 2.62. The molecule has 0 fully saturated rings. The number of aromatic nitrogens is 2. The maximum absolute atomic E-state index is 5.98. The van der Waals surface area contributed by atoms with Crippen LogP contribution in [0.1, 0.15) is 32.5 Å². The molecule has 2 rings (SSSR count). The fourth-order valence-electron chi connectivity index (χ4n) is 2.17. The molecule has 2 N–H and O–H groups in total. The van der Waals surface area contributed by atoms with Crippen molar-refractivity contribution in [3.05, 3.63) is 18.2 Å². The van der Waals surface area contributed by atoms with E-state index in [1.807, 2.05) is 6.20 Å². The second-order valence-corrected chi connectivity index (χ2v) is 5.41. The number of nitrogens with two attached hydrogens (primary N) is 1. The fourth-order valence-corrected chi connectivity index (χ4v) is 2.17. The maximum Gasteiger partial charge on any atom is 0.122 e. The summed E-state index contributed by atoms with van der Waals surface area (Å²) in [6.45, 7) is 8.51. The highest BCUT2D eigenvalue weighted by Gasteiger charge is 2.17. The Kier molecular flexibility index (Phi) is 3.30. The van der Waals surface area contributed by atoms with Gasteiger partial charge in [0.15, 0.2) is 0 Å². The highest BCUT2D eigenvalue weighted by Crippen LogP contribution is 2.13. The number of hydrogen-bond donors (Lipinski definition) is 1. The fraction of sp³-hybridized carbons (Fsp3) is 0.750. The SMILES string of the molecule is CC(C)(N)CCCN1CCn2ccnc2C1. The Morgan fingerprint density at radius 2 is 2.25 bits per heavy atom. The number of fused-ring (bicyclic) bond motifs is 1. The molecule has 1 aromatic rings. The summed E-state index contributed by atoms with van der Waals surface area (Å²) in [6.07, 6.45) is 6.21. The standard InChI is InChI=1S/C12H22N4/c1-12(2,13)4-3-6-15-8-9-16-7-5-14-11(16)10-15/h5,7H,3-4,6,8-10,13H2,1-2H3. The molecule has 0 bridgehead atoms. The highest BCUT2D eigenvalue weighted by atomic mass is 15.2.